The highest BCUT2D eigenvalue weighted by Crippen LogP contribution is 2.41. The Kier molecular flexibility index (Phi) is 5.92. The number of rotatable bonds is 4. The van der Waals surface area contributed by atoms with Crippen molar-refractivity contribution < 1.29 is 31.5 Å². The summed E-state index contributed by atoms with van der Waals surface area (Å²) >= 11 is 0.876. The molecule has 4 nitrogen and oxygen atoms in total. The average molecular weight is 432 g/mol. The second kappa shape index (κ2) is 8.10. The maximum atomic E-state index is 13.4. The molecule has 0 unspecified atom stereocenters. The van der Waals surface area contributed by atoms with E-state index in [1.165, 1.54) is 0 Å². The number of benzene rings is 1. The van der Waals surface area contributed by atoms with Gasteiger partial charge in [0.15, 0.2) is 0 Å². The lowest BCUT2D eigenvalue weighted by Gasteiger charge is -2.18. The minimum Gasteiger partial charge on any atom is -0.322 e. The van der Waals surface area contributed by atoms with Gasteiger partial charge in [-0.3, -0.25) is 9.59 Å². The number of aryl methyl sites for hydroxylation is 1. The monoisotopic (exact) mass is 432 g/mol. The van der Waals surface area contributed by atoms with Gasteiger partial charge < -0.3 is 10.6 Å². The second-order valence-electron chi connectivity index (χ2n) is 6.62. The Morgan fingerprint density at radius 3 is 2.21 bits per heavy atom. The van der Waals surface area contributed by atoms with E-state index < -0.39 is 23.9 Å². The Morgan fingerprint density at radius 2 is 1.55 bits per heavy atom. The van der Waals surface area contributed by atoms with E-state index in [9.17, 15) is 31.5 Å². The fourth-order valence-electron chi connectivity index (χ4n) is 3.10. The molecule has 2 N–H and O–H groups in total. The third kappa shape index (κ3) is 4.42. The van der Waals surface area contributed by atoms with Gasteiger partial charge in [-0.1, -0.05) is 24.6 Å². The second-order valence-corrected chi connectivity index (χ2v) is 7.72. The number of nitrogens with one attached hydrogen (secondary N) is 2. The highest BCUT2D eigenvalue weighted by atomic mass is 32.1. The van der Waals surface area contributed by atoms with Crippen molar-refractivity contribution in [1.82, 2.24) is 0 Å². The van der Waals surface area contributed by atoms with Crippen molar-refractivity contribution in [3.8, 4) is 0 Å². The minimum atomic E-state index is -6.03. The molecule has 0 saturated heterocycles. The molecule has 156 valence electrons. The van der Waals surface area contributed by atoms with Crippen LogP contribution in [0.5, 0.6) is 0 Å². The van der Waals surface area contributed by atoms with Gasteiger partial charge in [-0.05, 0) is 43.4 Å². The van der Waals surface area contributed by atoms with Crippen LogP contribution in [0.4, 0.5) is 32.6 Å². The summed E-state index contributed by atoms with van der Waals surface area (Å²) in [5.74, 6) is -8.74. The number of anilines is 2. The third-order valence-electron chi connectivity index (χ3n) is 4.55. The molecule has 1 heterocycles. The van der Waals surface area contributed by atoms with E-state index in [0.717, 1.165) is 30.6 Å². The van der Waals surface area contributed by atoms with Crippen molar-refractivity contribution >= 4 is 33.8 Å². The van der Waals surface area contributed by atoms with Crippen LogP contribution in [0.3, 0.4) is 0 Å². The number of carbonyl (C=O) groups is 2. The zero-order valence-electron chi connectivity index (χ0n) is 15.0. The maximum Gasteiger partial charge on any atom is 0.463 e. The Bertz CT molecular complexity index is 909. The third-order valence-corrected chi connectivity index (χ3v) is 5.76. The molecule has 0 bridgehead atoms. The van der Waals surface area contributed by atoms with Crippen molar-refractivity contribution in [2.24, 2.45) is 0 Å². The largest absolute Gasteiger partial charge is 0.463 e. The van der Waals surface area contributed by atoms with Crippen molar-refractivity contribution in [3.05, 3.63) is 46.3 Å². The number of alkyl halides is 5. The van der Waals surface area contributed by atoms with Crippen LogP contribution in [0.15, 0.2) is 30.3 Å². The van der Waals surface area contributed by atoms with Crippen molar-refractivity contribution in [2.75, 3.05) is 10.6 Å². The Labute approximate surface area is 167 Å². The normalized spacial score (nSPS) is 14.7. The van der Waals surface area contributed by atoms with E-state index in [1.54, 1.807) is 35.6 Å². The van der Waals surface area contributed by atoms with Crippen LogP contribution < -0.4 is 10.6 Å². The number of thiophene rings is 1. The zero-order valence-corrected chi connectivity index (χ0v) is 15.9. The maximum absolute atomic E-state index is 13.4. The minimum absolute atomic E-state index is 0.0536. The first-order chi connectivity index (χ1) is 13.6. The SMILES string of the molecule is O=C(Nc1ccccc1)c1c(NC(=O)C(F)(F)C(F)(F)F)sc2c1CCCCC2. The van der Waals surface area contributed by atoms with E-state index in [2.05, 4.69) is 5.32 Å². The molecule has 0 aliphatic heterocycles. The first-order valence-corrected chi connectivity index (χ1v) is 9.70. The average Bonchev–Trinajstić information content (AvgIpc) is 2.82. The van der Waals surface area contributed by atoms with Gasteiger partial charge in [0.1, 0.15) is 5.00 Å². The van der Waals surface area contributed by atoms with E-state index in [-0.39, 0.29) is 10.6 Å². The van der Waals surface area contributed by atoms with Crippen molar-refractivity contribution in [3.63, 3.8) is 0 Å². The zero-order chi connectivity index (χ0) is 21.2. The van der Waals surface area contributed by atoms with Gasteiger partial charge in [-0.2, -0.15) is 22.0 Å². The van der Waals surface area contributed by atoms with Gasteiger partial charge in [0, 0.05) is 10.6 Å². The summed E-state index contributed by atoms with van der Waals surface area (Å²) < 4.78 is 64.4. The summed E-state index contributed by atoms with van der Waals surface area (Å²) in [6.07, 6.45) is -2.51. The number of fused-ring (bicyclic) bond motifs is 1. The fraction of sp³-hybridized carbons (Fsp3) is 0.368. The van der Waals surface area contributed by atoms with Crippen LogP contribution in [0.2, 0.25) is 0 Å². The smallest absolute Gasteiger partial charge is 0.322 e. The molecule has 0 radical (unpaired) electrons. The number of carbonyl (C=O) groups excluding carboxylic acids is 2. The molecule has 1 aromatic carbocycles. The standard InChI is InChI=1S/C19H17F5N2O2S/c20-18(21,19(22,23)24)17(28)26-16-14(12-9-5-2-6-10-13(12)29-16)15(27)25-11-7-3-1-4-8-11/h1,3-4,7-8H,2,5-6,9-10H2,(H,25,27)(H,26,28). The molecular weight excluding hydrogens is 415 g/mol. The summed E-state index contributed by atoms with van der Waals surface area (Å²) in [4.78, 5) is 25.2. The molecule has 1 aliphatic rings. The molecule has 1 aromatic heterocycles. The summed E-state index contributed by atoms with van der Waals surface area (Å²) in [5, 5.41) is 3.96. The molecule has 2 amide bonds. The number of hydrogen-bond donors (Lipinski definition) is 2. The summed E-state index contributed by atoms with van der Waals surface area (Å²) in [5.41, 5.74) is 0.970. The Morgan fingerprint density at radius 1 is 0.897 bits per heavy atom. The highest BCUT2D eigenvalue weighted by molar-refractivity contribution is 7.17. The van der Waals surface area contributed by atoms with E-state index >= 15 is 0 Å². The van der Waals surface area contributed by atoms with Gasteiger partial charge in [-0.15, -0.1) is 11.3 Å². The lowest BCUT2D eigenvalue weighted by Crippen LogP contribution is -2.47. The molecule has 29 heavy (non-hydrogen) atoms. The number of para-hydroxylation sites is 1. The van der Waals surface area contributed by atoms with Crippen LogP contribution in [0, 0.1) is 0 Å². The predicted octanol–water partition coefficient (Wildman–Crippen LogP) is 5.41. The Balaban J connectivity index is 1.96. The van der Waals surface area contributed by atoms with Gasteiger partial charge in [0.25, 0.3) is 5.91 Å². The summed E-state index contributed by atoms with van der Waals surface area (Å²) in [6.45, 7) is 0. The molecule has 10 heteroatoms. The molecule has 2 aromatic rings. The number of hydrogen-bond acceptors (Lipinski definition) is 3. The lowest BCUT2D eigenvalue weighted by molar-refractivity contribution is -0.267. The topological polar surface area (TPSA) is 58.2 Å². The predicted molar refractivity (Wildman–Crippen MR) is 99.6 cm³/mol. The van der Waals surface area contributed by atoms with Gasteiger partial charge in [-0.25, -0.2) is 0 Å². The van der Waals surface area contributed by atoms with Gasteiger partial charge in [0.2, 0.25) is 0 Å². The number of halogens is 5. The van der Waals surface area contributed by atoms with Gasteiger partial charge >= 0.3 is 18.0 Å². The lowest BCUT2D eigenvalue weighted by atomic mass is 10.0. The van der Waals surface area contributed by atoms with Gasteiger partial charge in [0.05, 0.1) is 5.56 Å². The van der Waals surface area contributed by atoms with Crippen LogP contribution in [-0.4, -0.2) is 23.9 Å². The Hall–Kier alpha value is -2.49. The molecule has 0 saturated carbocycles. The van der Waals surface area contributed by atoms with Crippen molar-refractivity contribution in [2.45, 2.75) is 44.2 Å². The number of amides is 2. The van der Waals surface area contributed by atoms with E-state index in [0.29, 0.717) is 29.0 Å². The summed E-state index contributed by atoms with van der Waals surface area (Å²) in [6, 6.07) is 8.31. The van der Waals surface area contributed by atoms with Crippen LogP contribution in [0.1, 0.15) is 40.1 Å². The molecule has 3 rings (SSSR count). The molecule has 1 aliphatic carbocycles. The molecule has 0 spiro atoms. The van der Waals surface area contributed by atoms with E-state index in [4.69, 9.17) is 0 Å². The first-order valence-electron chi connectivity index (χ1n) is 8.88. The van der Waals surface area contributed by atoms with E-state index in [1.807, 2.05) is 0 Å². The highest BCUT2D eigenvalue weighted by Gasteiger charge is 2.63. The first kappa shape index (κ1) is 21.2. The quantitative estimate of drug-likeness (QED) is 0.502. The molecular formula is C19H17F5N2O2S. The molecule has 0 fully saturated rings. The molecule has 0 atom stereocenters. The fourth-order valence-corrected chi connectivity index (χ4v) is 4.38. The summed E-state index contributed by atoms with van der Waals surface area (Å²) in [7, 11) is 0. The van der Waals surface area contributed by atoms with Crippen LogP contribution in [-0.2, 0) is 17.6 Å². The van der Waals surface area contributed by atoms with Crippen LogP contribution in [0.25, 0.3) is 0 Å². The van der Waals surface area contributed by atoms with Crippen molar-refractivity contribution in [1.29, 1.82) is 0 Å². The van der Waals surface area contributed by atoms with Crippen LogP contribution >= 0.6 is 11.3 Å².